The molecule has 0 aliphatic carbocycles. The summed E-state index contributed by atoms with van der Waals surface area (Å²) in [7, 11) is -3.46. The van der Waals surface area contributed by atoms with Crippen molar-refractivity contribution in [2.75, 3.05) is 24.7 Å². The number of nitrogens with one attached hydrogen (secondary N) is 2. The van der Waals surface area contributed by atoms with Gasteiger partial charge in [-0.05, 0) is 32.0 Å². The summed E-state index contributed by atoms with van der Waals surface area (Å²) in [5.74, 6) is 0. The van der Waals surface area contributed by atoms with Gasteiger partial charge in [-0.15, -0.1) is 0 Å². The highest BCUT2D eigenvalue weighted by Crippen LogP contribution is 2.31. The van der Waals surface area contributed by atoms with Crippen LogP contribution in [0.2, 0.25) is 0 Å². The fourth-order valence-electron chi connectivity index (χ4n) is 2.25. The second kappa shape index (κ2) is 5.02. The van der Waals surface area contributed by atoms with Gasteiger partial charge < -0.3 is 10.6 Å². The smallest absolute Gasteiger partial charge is 0.293 e. The molecule has 1 fully saturated rings. The number of rotatable bonds is 4. The fourth-order valence-corrected chi connectivity index (χ4v) is 2.89. The summed E-state index contributed by atoms with van der Waals surface area (Å²) in [6.07, 6.45) is 1.87. The predicted molar refractivity (Wildman–Crippen MR) is 75.7 cm³/mol. The van der Waals surface area contributed by atoms with Crippen molar-refractivity contribution >= 4 is 21.2 Å². The summed E-state index contributed by atoms with van der Waals surface area (Å²) in [4.78, 5) is 10.5. The van der Waals surface area contributed by atoms with Gasteiger partial charge in [0.25, 0.3) is 5.69 Å². The van der Waals surface area contributed by atoms with Gasteiger partial charge in [0.05, 0.1) is 9.82 Å². The van der Waals surface area contributed by atoms with Crippen molar-refractivity contribution in [1.29, 1.82) is 0 Å². The minimum atomic E-state index is -3.46. The molecule has 1 aromatic rings. The molecule has 0 spiro atoms. The summed E-state index contributed by atoms with van der Waals surface area (Å²) in [6, 6.07) is 3.94. The zero-order valence-corrected chi connectivity index (χ0v) is 12.2. The predicted octanol–water partition coefficient (Wildman–Crippen LogP) is 1.16. The van der Waals surface area contributed by atoms with Crippen LogP contribution in [0, 0.1) is 10.1 Å². The van der Waals surface area contributed by atoms with Crippen LogP contribution in [-0.2, 0) is 9.84 Å². The monoisotopic (exact) mass is 299 g/mol. The van der Waals surface area contributed by atoms with E-state index < -0.39 is 14.8 Å². The Kier molecular flexibility index (Phi) is 3.70. The maximum atomic E-state index is 11.5. The van der Waals surface area contributed by atoms with Gasteiger partial charge >= 0.3 is 0 Å². The lowest BCUT2D eigenvalue weighted by atomic mass is 10.0. The van der Waals surface area contributed by atoms with Crippen molar-refractivity contribution in [1.82, 2.24) is 5.32 Å². The van der Waals surface area contributed by atoms with Gasteiger partial charge in [0.15, 0.2) is 9.84 Å². The molecule has 8 heteroatoms. The molecule has 0 amide bonds. The molecule has 0 radical (unpaired) electrons. The summed E-state index contributed by atoms with van der Waals surface area (Å²) < 4.78 is 22.9. The Morgan fingerprint density at radius 2 is 2.15 bits per heavy atom. The Labute approximate surface area is 117 Å². The number of hydrogen-bond acceptors (Lipinski definition) is 6. The topological polar surface area (TPSA) is 101 Å². The molecule has 1 atom stereocenters. The molecule has 1 heterocycles. The van der Waals surface area contributed by atoms with Gasteiger partial charge in [0.2, 0.25) is 0 Å². The van der Waals surface area contributed by atoms with Crippen molar-refractivity contribution in [3.63, 3.8) is 0 Å². The first-order valence-corrected chi connectivity index (χ1v) is 8.08. The van der Waals surface area contributed by atoms with E-state index in [-0.39, 0.29) is 16.1 Å². The first kappa shape index (κ1) is 14.7. The Morgan fingerprint density at radius 3 is 2.65 bits per heavy atom. The SMILES string of the molecule is CC1(Nc2ccc(S(C)(=O)=O)cc2[N+](=O)[O-])CCNC1. The van der Waals surface area contributed by atoms with Gasteiger partial charge in [-0.1, -0.05) is 0 Å². The molecule has 1 aliphatic heterocycles. The number of anilines is 1. The first-order valence-electron chi connectivity index (χ1n) is 6.19. The molecular formula is C12H17N3O4S. The summed E-state index contributed by atoms with van der Waals surface area (Å²) in [5, 5.41) is 17.5. The van der Waals surface area contributed by atoms with E-state index in [1.54, 1.807) is 0 Å². The highest BCUT2D eigenvalue weighted by Gasteiger charge is 2.30. The van der Waals surface area contributed by atoms with E-state index in [0.717, 1.165) is 25.3 Å². The van der Waals surface area contributed by atoms with Crippen molar-refractivity contribution in [3.05, 3.63) is 28.3 Å². The van der Waals surface area contributed by atoms with E-state index in [2.05, 4.69) is 10.6 Å². The van der Waals surface area contributed by atoms with Crippen LogP contribution in [0.1, 0.15) is 13.3 Å². The molecule has 1 unspecified atom stereocenters. The first-order chi connectivity index (χ1) is 9.21. The molecule has 1 aliphatic rings. The molecule has 1 aromatic carbocycles. The van der Waals surface area contributed by atoms with Crippen LogP contribution in [0.15, 0.2) is 23.1 Å². The molecule has 20 heavy (non-hydrogen) atoms. The molecule has 0 aromatic heterocycles. The molecule has 2 N–H and O–H groups in total. The van der Waals surface area contributed by atoms with E-state index >= 15 is 0 Å². The molecule has 7 nitrogen and oxygen atoms in total. The van der Waals surface area contributed by atoms with Crippen LogP contribution in [0.3, 0.4) is 0 Å². The van der Waals surface area contributed by atoms with Crippen LogP contribution < -0.4 is 10.6 Å². The zero-order chi connectivity index (χ0) is 15.0. The molecule has 2 rings (SSSR count). The van der Waals surface area contributed by atoms with Crippen molar-refractivity contribution in [2.24, 2.45) is 0 Å². The zero-order valence-electron chi connectivity index (χ0n) is 11.3. The van der Waals surface area contributed by atoms with E-state index in [0.29, 0.717) is 12.2 Å². The number of nitro benzene ring substituents is 1. The van der Waals surface area contributed by atoms with Crippen molar-refractivity contribution in [3.8, 4) is 0 Å². The van der Waals surface area contributed by atoms with Crippen molar-refractivity contribution < 1.29 is 13.3 Å². The Hall–Kier alpha value is -1.67. The maximum Gasteiger partial charge on any atom is 0.293 e. The fraction of sp³-hybridized carbons (Fsp3) is 0.500. The summed E-state index contributed by atoms with van der Waals surface area (Å²) >= 11 is 0. The van der Waals surface area contributed by atoms with Crippen LogP contribution in [0.5, 0.6) is 0 Å². The molecule has 110 valence electrons. The third kappa shape index (κ3) is 3.07. The Bertz CT molecular complexity index is 636. The lowest BCUT2D eigenvalue weighted by Gasteiger charge is -2.25. The van der Waals surface area contributed by atoms with E-state index in [4.69, 9.17) is 0 Å². The average Bonchev–Trinajstić information content (AvgIpc) is 2.74. The lowest BCUT2D eigenvalue weighted by Crippen LogP contribution is -2.37. The van der Waals surface area contributed by atoms with E-state index in [1.807, 2.05) is 6.92 Å². The third-order valence-electron chi connectivity index (χ3n) is 3.40. The van der Waals surface area contributed by atoms with E-state index in [9.17, 15) is 18.5 Å². The normalized spacial score (nSPS) is 22.7. The second-order valence-electron chi connectivity index (χ2n) is 5.32. The Balaban J connectivity index is 2.40. The van der Waals surface area contributed by atoms with Crippen molar-refractivity contribution in [2.45, 2.75) is 23.8 Å². The van der Waals surface area contributed by atoms with Crippen LogP contribution in [0.25, 0.3) is 0 Å². The molecule has 0 saturated carbocycles. The van der Waals surface area contributed by atoms with Gasteiger partial charge in [-0.25, -0.2) is 8.42 Å². The number of benzene rings is 1. The molecule has 0 bridgehead atoms. The minimum Gasteiger partial charge on any atom is -0.373 e. The van der Waals surface area contributed by atoms with Crippen LogP contribution in [0.4, 0.5) is 11.4 Å². The summed E-state index contributed by atoms with van der Waals surface area (Å²) in [5.41, 5.74) is -0.146. The van der Waals surface area contributed by atoms with Gasteiger partial charge in [0, 0.05) is 24.4 Å². The van der Waals surface area contributed by atoms with Crippen LogP contribution >= 0.6 is 0 Å². The standard InChI is InChI=1S/C12H17N3O4S/c1-12(5-6-13-8-12)14-10-4-3-9(20(2,18)19)7-11(10)15(16)17/h3-4,7,13-14H,5-6,8H2,1-2H3. The Morgan fingerprint density at radius 1 is 1.45 bits per heavy atom. The number of sulfone groups is 1. The third-order valence-corrected chi connectivity index (χ3v) is 4.51. The number of nitro groups is 1. The summed E-state index contributed by atoms with van der Waals surface area (Å²) in [6.45, 7) is 3.53. The quantitative estimate of drug-likeness (QED) is 0.639. The molecular weight excluding hydrogens is 282 g/mol. The lowest BCUT2D eigenvalue weighted by molar-refractivity contribution is -0.384. The largest absolute Gasteiger partial charge is 0.373 e. The number of hydrogen-bond donors (Lipinski definition) is 2. The van der Waals surface area contributed by atoms with Gasteiger partial charge in [0.1, 0.15) is 5.69 Å². The van der Waals surface area contributed by atoms with Crippen LogP contribution in [-0.4, -0.2) is 38.2 Å². The minimum absolute atomic E-state index is 0.0514. The van der Waals surface area contributed by atoms with Gasteiger partial charge in [-0.3, -0.25) is 10.1 Å². The average molecular weight is 299 g/mol. The number of nitrogens with zero attached hydrogens (tertiary/aromatic N) is 1. The second-order valence-corrected chi connectivity index (χ2v) is 7.34. The maximum absolute atomic E-state index is 11.5. The highest BCUT2D eigenvalue weighted by atomic mass is 32.2. The molecule has 1 saturated heterocycles. The van der Waals surface area contributed by atoms with Gasteiger partial charge in [-0.2, -0.15) is 0 Å². The highest BCUT2D eigenvalue weighted by molar-refractivity contribution is 7.90. The van der Waals surface area contributed by atoms with E-state index in [1.165, 1.54) is 12.1 Å².